The Hall–Kier alpha value is -0.0900. The molecule has 0 aliphatic heterocycles. The van der Waals surface area contributed by atoms with Crippen LogP contribution in [0.2, 0.25) is 0 Å². The summed E-state index contributed by atoms with van der Waals surface area (Å²) in [5.41, 5.74) is -0.707. The summed E-state index contributed by atoms with van der Waals surface area (Å²) in [7, 11) is 1.45. The number of nitrogens with one attached hydrogen (secondary N) is 2. The van der Waals surface area contributed by atoms with Gasteiger partial charge in [0.15, 0.2) is 0 Å². The third kappa shape index (κ3) is 9.51. The Kier molecular flexibility index (Phi) is 11.4. The molecule has 0 aromatic rings. The quantitative estimate of drug-likeness (QED) is 0.190. The van der Waals surface area contributed by atoms with Crippen molar-refractivity contribution in [2.24, 2.45) is 5.41 Å². The number of aliphatic hydroxyl groups excluding tert-OH is 1. The smallest absolute Gasteiger partial charge is 0.249 e. The van der Waals surface area contributed by atoms with Gasteiger partial charge in [0.2, 0.25) is 11.8 Å². The van der Waals surface area contributed by atoms with Gasteiger partial charge in [0, 0.05) is 30.7 Å². The molecule has 3 N–H and O–H groups in total. The van der Waals surface area contributed by atoms with Crippen LogP contribution in [0.25, 0.3) is 0 Å². The monoisotopic (exact) mass is 356 g/mol. The second-order valence-corrected chi connectivity index (χ2v) is 7.56. The number of hydrogen-bond acceptors (Lipinski definition) is 7. The summed E-state index contributed by atoms with van der Waals surface area (Å²) in [6.45, 7) is 4.42. The number of carbonyl (C=O) groups is 2. The van der Waals surface area contributed by atoms with Crippen molar-refractivity contribution < 1.29 is 18.9 Å². The van der Waals surface area contributed by atoms with Crippen LogP contribution in [0.5, 0.6) is 0 Å². The standard InChI is InChI=1S/C12H24N2O4S3/c1-12(2,8-18-21-20-3)10(16)11(17)14-5-4-9(15)13-6-7-19/h10,16,19H,4-8H2,1-3H3,(H,13,15)(H,14,17). The van der Waals surface area contributed by atoms with Crippen LogP contribution in [0.15, 0.2) is 0 Å². The summed E-state index contributed by atoms with van der Waals surface area (Å²) >= 11 is 5.19. The van der Waals surface area contributed by atoms with E-state index in [4.69, 9.17) is 4.18 Å². The van der Waals surface area contributed by atoms with Gasteiger partial charge in [-0.1, -0.05) is 24.6 Å². The van der Waals surface area contributed by atoms with E-state index in [-0.39, 0.29) is 25.5 Å². The average Bonchev–Trinajstić information content (AvgIpc) is 2.44. The number of thiol groups is 1. The lowest BCUT2D eigenvalue weighted by Gasteiger charge is -2.28. The Morgan fingerprint density at radius 1 is 1.33 bits per heavy atom. The molecule has 0 saturated carbocycles. The molecule has 2 amide bonds. The fraction of sp³-hybridized carbons (Fsp3) is 0.833. The number of carbonyl (C=O) groups excluding carboxylic acids is 2. The highest BCUT2D eigenvalue weighted by molar-refractivity contribution is 8.74. The molecule has 1 unspecified atom stereocenters. The maximum atomic E-state index is 11.8. The molecule has 0 aliphatic rings. The first-order chi connectivity index (χ1) is 9.85. The number of amides is 2. The van der Waals surface area contributed by atoms with Crippen LogP contribution in [0, 0.1) is 5.41 Å². The van der Waals surface area contributed by atoms with Gasteiger partial charge in [-0.25, -0.2) is 0 Å². The number of hydrogen-bond donors (Lipinski definition) is 4. The predicted molar refractivity (Wildman–Crippen MR) is 91.3 cm³/mol. The van der Waals surface area contributed by atoms with Crippen LogP contribution in [0.4, 0.5) is 0 Å². The normalized spacial score (nSPS) is 12.8. The fourth-order valence-corrected chi connectivity index (χ4v) is 2.33. The van der Waals surface area contributed by atoms with E-state index in [1.54, 1.807) is 13.8 Å². The third-order valence-electron chi connectivity index (χ3n) is 2.62. The Morgan fingerprint density at radius 3 is 2.57 bits per heavy atom. The lowest BCUT2D eigenvalue weighted by Crippen LogP contribution is -2.46. The first-order valence-corrected chi connectivity index (χ1v) is 9.62. The Labute approximate surface area is 139 Å². The average molecular weight is 357 g/mol. The Balaban J connectivity index is 4.05. The highest BCUT2D eigenvalue weighted by Gasteiger charge is 2.34. The molecule has 0 aromatic heterocycles. The maximum Gasteiger partial charge on any atom is 0.249 e. The molecule has 0 aromatic carbocycles. The SMILES string of the molecule is CSSOCC(C)(C)C(O)C(=O)NCCC(=O)NCCS. The van der Waals surface area contributed by atoms with Gasteiger partial charge in [0.25, 0.3) is 0 Å². The fourth-order valence-electron chi connectivity index (χ4n) is 1.34. The molecule has 0 aliphatic carbocycles. The maximum absolute atomic E-state index is 11.8. The van der Waals surface area contributed by atoms with E-state index in [9.17, 15) is 14.7 Å². The van der Waals surface area contributed by atoms with Gasteiger partial charge >= 0.3 is 0 Å². The van der Waals surface area contributed by atoms with E-state index in [0.29, 0.717) is 12.3 Å². The first-order valence-electron chi connectivity index (χ1n) is 6.50. The highest BCUT2D eigenvalue weighted by Crippen LogP contribution is 2.27. The van der Waals surface area contributed by atoms with E-state index in [0.717, 1.165) is 0 Å². The van der Waals surface area contributed by atoms with Gasteiger partial charge in [-0.2, -0.15) is 12.6 Å². The zero-order valence-electron chi connectivity index (χ0n) is 12.5. The van der Waals surface area contributed by atoms with Crippen molar-refractivity contribution in [2.75, 3.05) is 31.7 Å². The van der Waals surface area contributed by atoms with Crippen LogP contribution in [0.3, 0.4) is 0 Å². The predicted octanol–water partition coefficient (Wildman–Crippen LogP) is 0.869. The van der Waals surface area contributed by atoms with Crippen molar-refractivity contribution in [2.45, 2.75) is 26.4 Å². The minimum Gasteiger partial charge on any atom is -0.383 e. The molecule has 0 saturated heterocycles. The minimum absolute atomic E-state index is 0.155. The van der Waals surface area contributed by atoms with Gasteiger partial charge in [-0.05, 0) is 6.26 Å². The highest BCUT2D eigenvalue weighted by atomic mass is 33.1. The van der Waals surface area contributed by atoms with Crippen molar-refractivity contribution in [3.63, 3.8) is 0 Å². The summed E-state index contributed by atoms with van der Waals surface area (Å²) in [6, 6.07) is 0. The molecule has 0 rings (SSSR count). The van der Waals surface area contributed by atoms with E-state index >= 15 is 0 Å². The first kappa shape index (κ1) is 20.9. The van der Waals surface area contributed by atoms with Gasteiger partial charge < -0.3 is 19.9 Å². The molecule has 0 heterocycles. The number of aliphatic hydroxyl groups is 1. The molecular weight excluding hydrogens is 332 g/mol. The molecule has 21 heavy (non-hydrogen) atoms. The van der Waals surface area contributed by atoms with Gasteiger partial charge in [0.05, 0.1) is 17.7 Å². The molecule has 124 valence electrons. The zero-order chi connectivity index (χ0) is 16.3. The van der Waals surface area contributed by atoms with Gasteiger partial charge in [0.1, 0.15) is 6.10 Å². The van der Waals surface area contributed by atoms with Crippen molar-refractivity contribution >= 4 is 46.3 Å². The van der Waals surface area contributed by atoms with E-state index in [2.05, 4.69) is 23.3 Å². The van der Waals surface area contributed by atoms with Crippen LogP contribution >= 0.6 is 34.5 Å². The summed E-state index contributed by atoms with van der Waals surface area (Å²) in [4.78, 5) is 23.2. The van der Waals surface area contributed by atoms with Crippen LogP contribution in [-0.4, -0.2) is 54.7 Å². The van der Waals surface area contributed by atoms with Crippen LogP contribution in [-0.2, 0) is 13.8 Å². The lowest BCUT2D eigenvalue weighted by atomic mass is 9.87. The summed E-state index contributed by atoms with van der Waals surface area (Å²) in [5.74, 6) is -0.0865. The lowest BCUT2D eigenvalue weighted by molar-refractivity contribution is -0.136. The van der Waals surface area contributed by atoms with Crippen LogP contribution in [0.1, 0.15) is 20.3 Å². The minimum atomic E-state index is -1.19. The van der Waals surface area contributed by atoms with E-state index in [1.807, 2.05) is 6.26 Å². The Bertz CT molecular complexity index is 330. The second kappa shape index (κ2) is 11.5. The van der Waals surface area contributed by atoms with Crippen molar-refractivity contribution in [3.8, 4) is 0 Å². The topological polar surface area (TPSA) is 87.7 Å². The molecule has 1 atom stereocenters. The van der Waals surface area contributed by atoms with Crippen LogP contribution < -0.4 is 10.6 Å². The largest absolute Gasteiger partial charge is 0.383 e. The second-order valence-electron chi connectivity index (χ2n) is 5.00. The molecule has 0 radical (unpaired) electrons. The van der Waals surface area contributed by atoms with Crippen molar-refractivity contribution in [1.82, 2.24) is 10.6 Å². The van der Waals surface area contributed by atoms with Crippen molar-refractivity contribution in [3.05, 3.63) is 0 Å². The Morgan fingerprint density at radius 2 is 2.00 bits per heavy atom. The summed E-state index contributed by atoms with van der Waals surface area (Å²) < 4.78 is 5.27. The molecule has 6 nitrogen and oxygen atoms in total. The third-order valence-corrected chi connectivity index (χ3v) is 3.89. The molecule has 9 heteroatoms. The zero-order valence-corrected chi connectivity index (χ0v) is 15.1. The van der Waals surface area contributed by atoms with E-state index in [1.165, 1.54) is 21.9 Å². The summed E-state index contributed by atoms with van der Waals surface area (Å²) in [6.07, 6.45) is 0.853. The van der Waals surface area contributed by atoms with E-state index < -0.39 is 17.4 Å². The van der Waals surface area contributed by atoms with Gasteiger partial charge in [-0.3, -0.25) is 9.59 Å². The molecule has 0 fully saturated rings. The summed E-state index contributed by atoms with van der Waals surface area (Å²) in [5, 5.41) is 15.2. The van der Waals surface area contributed by atoms with Crippen molar-refractivity contribution in [1.29, 1.82) is 0 Å². The molecule has 0 spiro atoms. The molecular formula is C12H24N2O4S3. The molecule has 0 bridgehead atoms. The number of rotatable bonds is 11. The van der Waals surface area contributed by atoms with Gasteiger partial charge in [-0.15, -0.1) is 0 Å².